The fourth-order valence-electron chi connectivity index (χ4n) is 2.01. The van der Waals surface area contributed by atoms with Crippen LogP contribution in [0.2, 0.25) is 0 Å². The van der Waals surface area contributed by atoms with E-state index >= 15 is 0 Å². The molecule has 0 spiro atoms. The van der Waals surface area contributed by atoms with Gasteiger partial charge >= 0.3 is 6.18 Å². The molecule has 0 aliphatic carbocycles. The van der Waals surface area contributed by atoms with E-state index in [-0.39, 0.29) is 11.7 Å². The number of carbonyl (C=O) groups excluding carboxylic acids is 1. The molecule has 8 heteroatoms. The standard InChI is InChI=1S/C18H19F3N4O/c1-12(2)5-4-6-13(3)17(26)24-14-7-8-16(22-11-14)25-15(9-10-23-25)18(19,20)21/h4-12H,1-3H3,(H,24,26)/b5-4-,13-6+. The number of allylic oxidation sites excluding steroid dienone is 3. The number of nitrogens with one attached hydrogen (secondary N) is 1. The number of hydrogen-bond acceptors (Lipinski definition) is 3. The van der Waals surface area contributed by atoms with Crippen LogP contribution in [0.25, 0.3) is 5.82 Å². The molecule has 2 aromatic heterocycles. The van der Waals surface area contributed by atoms with Gasteiger partial charge in [0.2, 0.25) is 0 Å². The van der Waals surface area contributed by atoms with Gasteiger partial charge in [0.05, 0.1) is 18.1 Å². The van der Waals surface area contributed by atoms with E-state index in [2.05, 4.69) is 15.4 Å². The number of aromatic nitrogens is 3. The summed E-state index contributed by atoms with van der Waals surface area (Å²) >= 11 is 0. The Labute approximate surface area is 149 Å². The van der Waals surface area contributed by atoms with Crippen molar-refractivity contribution in [2.24, 2.45) is 5.92 Å². The zero-order chi connectivity index (χ0) is 19.3. The summed E-state index contributed by atoms with van der Waals surface area (Å²) in [7, 11) is 0. The molecule has 0 atom stereocenters. The van der Waals surface area contributed by atoms with Gasteiger partial charge in [-0.05, 0) is 31.0 Å². The minimum absolute atomic E-state index is 0.00690. The molecule has 2 heterocycles. The van der Waals surface area contributed by atoms with E-state index in [1.165, 1.54) is 18.3 Å². The predicted octanol–water partition coefficient (Wildman–Crippen LogP) is 4.38. The molecule has 0 unspecified atom stereocenters. The zero-order valence-corrected chi connectivity index (χ0v) is 14.6. The summed E-state index contributed by atoms with van der Waals surface area (Å²) in [5.74, 6) is 0.0678. The summed E-state index contributed by atoms with van der Waals surface area (Å²) in [6.45, 7) is 5.72. The highest BCUT2D eigenvalue weighted by molar-refractivity contribution is 6.03. The molecule has 2 aromatic rings. The third-order valence-electron chi connectivity index (χ3n) is 3.36. The van der Waals surface area contributed by atoms with Crippen LogP contribution in [0.15, 0.2) is 54.4 Å². The van der Waals surface area contributed by atoms with Gasteiger partial charge in [0.15, 0.2) is 5.82 Å². The van der Waals surface area contributed by atoms with E-state index in [4.69, 9.17) is 0 Å². The maximum Gasteiger partial charge on any atom is 0.433 e. The Kier molecular flexibility index (Phi) is 5.97. The largest absolute Gasteiger partial charge is 0.433 e. The Hall–Kier alpha value is -2.90. The highest BCUT2D eigenvalue weighted by Crippen LogP contribution is 2.30. The second-order valence-electron chi connectivity index (χ2n) is 5.96. The highest BCUT2D eigenvalue weighted by Gasteiger charge is 2.35. The van der Waals surface area contributed by atoms with E-state index in [1.54, 1.807) is 19.1 Å². The van der Waals surface area contributed by atoms with Gasteiger partial charge in [0.25, 0.3) is 5.91 Å². The normalized spacial score (nSPS) is 12.8. The summed E-state index contributed by atoms with van der Waals surface area (Å²) in [5, 5.41) is 6.29. The van der Waals surface area contributed by atoms with E-state index in [0.29, 0.717) is 21.9 Å². The average Bonchev–Trinajstić information content (AvgIpc) is 3.05. The first-order valence-corrected chi connectivity index (χ1v) is 7.92. The third kappa shape index (κ3) is 5.05. The molecule has 0 aliphatic heterocycles. The molecule has 1 amide bonds. The van der Waals surface area contributed by atoms with Crippen molar-refractivity contribution in [1.82, 2.24) is 14.8 Å². The Morgan fingerprint density at radius 2 is 2.00 bits per heavy atom. The first-order chi connectivity index (χ1) is 12.2. The monoisotopic (exact) mass is 364 g/mol. The molecule has 2 rings (SSSR count). The lowest BCUT2D eigenvalue weighted by Gasteiger charge is -2.10. The lowest BCUT2D eigenvalue weighted by atomic mass is 10.2. The van der Waals surface area contributed by atoms with Gasteiger partial charge in [-0.3, -0.25) is 4.79 Å². The second kappa shape index (κ2) is 7.99. The SMILES string of the molecule is C/C(=C\C=C/C(C)C)C(=O)Nc1ccc(-n2nccc2C(F)(F)F)nc1. The fourth-order valence-corrected chi connectivity index (χ4v) is 2.01. The molecule has 26 heavy (non-hydrogen) atoms. The van der Waals surface area contributed by atoms with Crippen LogP contribution in [-0.4, -0.2) is 20.7 Å². The maximum atomic E-state index is 12.9. The molecule has 0 aliphatic rings. The minimum atomic E-state index is -4.53. The van der Waals surface area contributed by atoms with Crippen LogP contribution in [0, 0.1) is 5.92 Å². The quantitative estimate of drug-likeness (QED) is 0.633. The lowest BCUT2D eigenvalue weighted by molar-refractivity contribution is -0.142. The van der Waals surface area contributed by atoms with Crippen molar-refractivity contribution in [2.75, 3.05) is 5.32 Å². The second-order valence-corrected chi connectivity index (χ2v) is 5.96. The summed E-state index contributed by atoms with van der Waals surface area (Å²) < 4.78 is 39.4. The number of halogens is 3. The smallest absolute Gasteiger partial charge is 0.321 e. The summed E-state index contributed by atoms with van der Waals surface area (Å²) in [5.41, 5.74) is -0.0463. The Bertz CT molecular complexity index is 818. The van der Waals surface area contributed by atoms with Crippen LogP contribution in [0.3, 0.4) is 0 Å². The Morgan fingerprint density at radius 1 is 1.27 bits per heavy atom. The Balaban J connectivity index is 2.11. The van der Waals surface area contributed by atoms with Gasteiger partial charge in [-0.15, -0.1) is 0 Å². The van der Waals surface area contributed by atoms with Gasteiger partial charge < -0.3 is 5.32 Å². The molecule has 0 fully saturated rings. The van der Waals surface area contributed by atoms with Gasteiger partial charge in [-0.2, -0.15) is 18.3 Å². The topological polar surface area (TPSA) is 59.8 Å². The lowest BCUT2D eigenvalue weighted by Crippen LogP contribution is -2.15. The van der Waals surface area contributed by atoms with Crippen molar-refractivity contribution in [3.05, 3.63) is 60.1 Å². The first-order valence-electron chi connectivity index (χ1n) is 7.92. The van der Waals surface area contributed by atoms with Crippen molar-refractivity contribution in [3.63, 3.8) is 0 Å². The molecular formula is C18H19F3N4O. The molecular weight excluding hydrogens is 345 g/mol. The van der Waals surface area contributed by atoms with Gasteiger partial charge in [0, 0.05) is 5.57 Å². The molecule has 1 N–H and O–H groups in total. The van der Waals surface area contributed by atoms with Crippen LogP contribution in [0.5, 0.6) is 0 Å². The molecule has 0 bridgehead atoms. The number of anilines is 1. The summed E-state index contributed by atoms with van der Waals surface area (Å²) in [4.78, 5) is 16.0. The van der Waals surface area contributed by atoms with E-state index in [1.807, 2.05) is 19.9 Å². The van der Waals surface area contributed by atoms with Crippen molar-refractivity contribution in [3.8, 4) is 5.82 Å². The number of pyridine rings is 1. The number of hydrogen-bond donors (Lipinski definition) is 1. The molecule has 0 saturated heterocycles. The molecule has 0 radical (unpaired) electrons. The minimum Gasteiger partial charge on any atom is -0.321 e. The molecule has 5 nitrogen and oxygen atoms in total. The predicted molar refractivity (Wildman–Crippen MR) is 92.7 cm³/mol. The van der Waals surface area contributed by atoms with Crippen molar-refractivity contribution < 1.29 is 18.0 Å². The number of rotatable bonds is 5. The van der Waals surface area contributed by atoms with Gasteiger partial charge in [-0.1, -0.05) is 32.1 Å². The van der Waals surface area contributed by atoms with Crippen LogP contribution in [0.4, 0.5) is 18.9 Å². The zero-order valence-electron chi connectivity index (χ0n) is 14.6. The van der Waals surface area contributed by atoms with E-state index in [0.717, 1.165) is 12.3 Å². The number of nitrogens with zero attached hydrogens (tertiary/aromatic N) is 3. The highest BCUT2D eigenvalue weighted by atomic mass is 19.4. The number of alkyl halides is 3. The molecule has 138 valence electrons. The van der Waals surface area contributed by atoms with Crippen molar-refractivity contribution in [1.29, 1.82) is 0 Å². The fraction of sp³-hybridized carbons (Fsp3) is 0.278. The number of amides is 1. The van der Waals surface area contributed by atoms with E-state index < -0.39 is 11.9 Å². The van der Waals surface area contributed by atoms with Crippen molar-refractivity contribution >= 4 is 11.6 Å². The average molecular weight is 364 g/mol. The molecule has 0 aromatic carbocycles. The number of carbonyl (C=O) groups is 1. The summed E-state index contributed by atoms with van der Waals surface area (Å²) in [6, 6.07) is 3.70. The molecule has 0 saturated carbocycles. The van der Waals surface area contributed by atoms with Crippen molar-refractivity contribution in [2.45, 2.75) is 26.9 Å². The summed E-state index contributed by atoms with van der Waals surface area (Å²) in [6.07, 6.45) is 3.25. The Morgan fingerprint density at radius 3 is 2.58 bits per heavy atom. The van der Waals surface area contributed by atoms with Crippen LogP contribution >= 0.6 is 0 Å². The maximum absolute atomic E-state index is 12.9. The third-order valence-corrected chi connectivity index (χ3v) is 3.36. The first kappa shape index (κ1) is 19.4. The van der Waals surface area contributed by atoms with Crippen LogP contribution < -0.4 is 5.32 Å². The van der Waals surface area contributed by atoms with E-state index in [9.17, 15) is 18.0 Å². The van der Waals surface area contributed by atoms with Crippen LogP contribution in [-0.2, 0) is 11.0 Å². The van der Waals surface area contributed by atoms with Crippen LogP contribution in [0.1, 0.15) is 26.5 Å². The van der Waals surface area contributed by atoms with Gasteiger partial charge in [-0.25, -0.2) is 9.67 Å². The van der Waals surface area contributed by atoms with Gasteiger partial charge in [0.1, 0.15) is 5.69 Å².